The van der Waals surface area contributed by atoms with Crippen LogP contribution in [0.2, 0.25) is 0 Å². The van der Waals surface area contributed by atoms with Gasteiger partial charge in [-0.3, -0.25) is 4.79 Å². The van der Waals surface area contributed by atoms with Gasteiger partial charge in [0.1, 0.15) is 17.3 Å². The van der Waals surface area contributed by atoms with Gasteiger partial charge in [-0.25, -0.2) is 9.97 Å². The highest BCUT2D eigenvalue weighted by Gasteiger charge is 2.16. The monoisotopic (exact) mass is 427 g/mol. The fraction of sp³-hybridized carbons (Fsp3) is 0.160. The Hall–Kier alpha value is -3.97. The van der Waals surface area contributed by atoms with E-state index in [-0.39, 0.29) is 11.6 Å². The lowest BCUT2D eigenvalue weighted by molar-refractivity contribution is 0.102. The van der Waals surface area contributed by atoms with E-state index in [1.165, 1.54) is 0 Å². The van der Waals surface area contributed by atoms with Gasteiger partial charge in [-0.2, -0.15) is 0 Å². The predicted octanol–water partition coefficient (Wildman–Crippen LogP) is 4.63. The van der Waals surface area contributed by atoms with Crippen LogP contribution in [0.5, 0.6) is 0 Å². The van der Waals surface area contributed by atoms with Crippen molar-refractivity contribution >= 4 is 17.4 Å². The Labute approximate surface area is 187 Å². The molecular weight excluding hydrogens is 402 g/mol. The second-order valence-corrected chi connectivity index (χ2v) is 7.54. The molecule has 1 amide bonds. The summed E-state index contributed by atoms with van der Waals surface area (Å²) in [6.07, 6.45) is 1.61. The van der Waals surface area contributed by atoms with Gasteiger partial charge in [0.2, 0.25) is 0 Å². The molecule has 7 nitrogen and oxygen atoms in total. The normalized spacial score (nSPS) is 10.8. The number of hydrogen-bond donors (Lipinski definition) is 2. The molecule has 0 aliphatic heterocycles. The quantitative estimate of drug-likeness (QED) is 0.427. The highest BCUT2D eigenvalue weighted by Crippen LogP contribution is 2.28. The van der Waals surface area contributed by atoms with E-state index in [9.17, 15) is 4.79 Å². The average molecular weight is 428 g/mol. The number of carbonyl (C=O) groups excluding carboxylic acids is 1. The fourth-order valence-electron chi connectivity index (χ4n) is 3.20. The highest BCUT2D eigenvalue weighted by atomic mass is 16.3. The number of nitrogens with one attached hydrogen (secondary N) is 2. The number of benzene rings is 2. The van der Waals surface area contributed by atoms with E-state index in [2.05, 4.69) is 25.5 Å². The number of likely N-dealkylation sites (N-methyl/N-ethyl adjacent to an activating group) is 1. The maximum atomic E-state index is 13.2. The first-order chi connectivity index (χ1) is 15.6. The minimum atomic E-state index is -0.320. The summed E-state index contributed by atoms with van der Waals surface area (Å²) in [5.41, 5.74) is 2.57. The summed E-state index contributed by atoms with van der Waals surface area (Å²) in [5.74, 6) is 1.45. The van der Waals surface area contributed by atoms with E-state index in [0.717, 1.165) is 17.7 Å². The van der Waals surface area contributed by atoms with Crippen LogP contribution < -0.4 is 10.6 Å². The van der Waals surface area contributed by atoms with Crippen molar-refractivity contribution in [3.8, 4) is 22.7 Å². The van der Waals surface area contributed by atoms with Gasteiger partial charge in [0.25, 0.3) is 5.91 Å². The first-order valence-corrected chi connectivity index (χ1v) is 10.4. The molecule has 2 aromatic carbocycles. The van der Waals surface area contributed by atoms with Crippen LogP contribution in [0.4, 0.5) is 11.5 Å². The number of amides is 1. The second kappa shape index (κ2) is 9.89. The molecule has 7 heteroatoms. The molecule has 2 heterocycles. The van der Waals surface area contributed by atoms with Crippen molar-refractivity contribution in [2.45, 2.75) is 0 Å². The third-order valence-corrected chi connectivity index (χ3v) is 4.82. The third-order valence-electron chi connectivity index (χ3n) is 4.82. The van der Waals surface area contributed by atoms with Crippen molar-refractivity contribution < 1.29 is 9.21 Å². The first kappa shape index (κ1) is 21.3. The zero-order valence-electron chi connectivity index (χ0n) is 18.1. The van der Waals surface area contributed by atoms with Gasteiger partial charge in [-0.15, -0.1) is 0 Å². The Morgan fingerprint density at radius 1 is 0.969 bits per heavy atom. The topological polar surface area (TPSA) is 83.3 Å². The molecule has 0 aliphatic rings. The molecule has 0 saturated heterocycles. The van der Waals surface area contributed by atoms with Crippen LogP contribution in [0.15, 0.2) is 83.5 Å². The van der Waals surface area contributed by atoms with E-state index in [1.54, 1.807) is 12.3 Å². The number of hydrogen-bond acceptors (Lipinski definition) is 6. The SMILES string of the molecule is CN(C)CCNc1cc(C(=O)Nc2ccccc2-c2ccco2)nc(-c2ccccc2)n1. The molecule has 0 unspecified atom stereocenters. The number of anilines is 2. The Balaban J connectivity index is 1.64. The predicted molar refractivity (Wildman–Crippen MR) is 127 cm³/mol. The number of aromatic nitrogens is 2. The summed E-state index contributed by atoms with van der Waals surface area (Å²) >= 11 is 0. The Morgan fingerprint density at radius 2 is 1.75 bits per heavy atom. The average Bonchev–Trinajstić information content (AvgIpc) is 3.34. The molecule has 32 heavy (non-hydrogen) atoms. The van der Waals surface area contributed by atoms with Crippen molar-refractivity contribution in [2.24, 2.45) is 0 Å². The summed E-state index contributed by atoms with van der Waals surface area (Å²) in [5, 5.41) is 6.26. The molecule has 0 fully saturated rings. The van der Waals surface area contributed by atoms with Crippen molar-refractivity contribution in [2.75, 3.05) is 37.8 Å². The smallest absolute Gasteiger partial charge is 0.274 e. The van der Waals surface area contributed by atoms with Crippen LogP contribution in [-0.4, -0.2) is 48.0 Å². The minimum Gasteiger partial charge on any atom is -0.464 e. The lowest BCUT2D eigenvalue weighted by Gasteiger charge is -2.13. The Kier molecular flexibility index (Phi) is 6.57. The van der Waals surface area contributed by atoms with Gasteiger partial charge in [0.15, 0.2) is 5.82 Å². The van der Waals surface area contributed by atoms with Crippen LogP contribution >= 0.6 is 0 Å². The lowest BCUT2D eigenvalue weighted by Crippen LogP contribution is -2.22. The van der Waals surface area contributed by atoms with Gasteiger partial charge in [0, 0.05) is 30.3 Å². The van der Waals surface area contributed by atoms with Crippen LogP contribution in [0.1, 0.15) is 10.5 Å². The van der Waals surface area contributed by atoms with Gasteiger partial charge in [-0.05, 0) is 38.4 Å². The Morgan fingerprint density at radius 3 is 2.50 bits per heavy atom. The van der Waals surface area contributed by atoms with E-state index in [1.807, 2.05) is 80.8 Å². The van der Waals surface area contributed by atoms with Gasteiger partial charge >= 0.3 is 0 Å². The summed E-state index contributed by atoms with van der Waals surface area (Å²) in [4.78, 5) is 24.4. The highest BCUT2D eigenvalue weighted by molar-refractivity contribution is 6.05. The van der Waals surface area contributed by atoms with E-state index < -0.39 is 0 Å². The standard InChI is InChI=1S/C25H25N5O2/c1-30(2)15-14-26-23-17-21(27-24(29-23)18-9-4-3-5-10-18)25(31)28-20-12-7-6-11-19(20)22-13-8-16-32-22/h3-13,16-17H,14-15H2,1-2H3,(H,28,31)(H,26,27,29). The molecule has 0 aliphatic carbocycles. The molecule has 0 radical (unpaired) electrons. The zero-order valence-corrected chi connectivity index (χ0v) is 18.1. The van der Waals surface area contributed by atoms with Crippen LogP contribution in [0.25, 0.3) is 22.7 Å². The van der Waals surface area contributed by atoms with E-state index in [4.69, 9.17) is 4.42 Å². The summed E-state index contributed by atoms with van der Waals surface area (Å²) in [7, 11) is 4.01. The van der Waals surface area contributed by atoms with Gasteiger partial charge in [-0.1, -0.05) is 42.5 Å². The molecular formula is C25H25N5O2. The van der Waals surface area contributed by atoms with Crippen molar-refractivity contribution in [1.29, 1.82) is 0 Å². The zero-order chi connectivity index (χ0) is 22.3. The molecule has 0 saturated carbocycles. The third kappa shape index (κ3) is 5.19. The molecule has 162 valence electrons. The van der Waals surface area contributed by atoms with Gasteiger partial charge in [0.05, 0.1) is 12.0 Å². The second-order valence-electron chi connectivity index (χ2n) is 7.54. The number of nitrogens with zero attached hydrogens (tertiary/aromatic N) is 3. The van der Waals surface area contributed by atoms with Crippen molar-refractivity contribution in [1.82, 2.24) is 14.9 Å². The minimum absolute atomic E-state index is 0.278. The summed E-state index contributed by atoms with van der Waals surface area (Å²) < 4.78 is 5.52. The van der Waals surface area contributed by atoms with Gasteiger partial charge < -0.3 is 20.0 Å². The number of rotatable bonds is 8. The van der Waals surface area contributed by atoms with Crippen LogP contribution in [-0.2, 0) is 0 Å². The molecule has 0 bridgehead atoms. The molecule has 2 aromatic heterocycles. The number of carbonyl (C=O) groups is 1. The molecule has 0 spiro atoms. The van der Waals surface area contributed by atoms with E-state index >= 15 is 0 Å². The molecule has 4 rings (SSSR count). The maximum absolute atomic E-state index is 13.2. The van der Waals surface area contributed by atoms with Crippen LogP contribution in [0, 0.1) is 0 Å². The molecule has 4 aromatic rings. The Bertz CT molecular complexity index is 1170. The molecule has 2 N–H and O–H groups in total. The number of para-hydroxylation sites is 1. The largest absolute Gasteiger partial charge is 0.464 e. The maximum Gasteiger partial charge on any atom is 0.274 e. The van der Waals surface area contributed by atoms with Crippen molar-refractivity contribution in [3.63, 3.8) is 0 Å². The first-order valence-electron chi connectivity index (χ1n) is 10.4. The summed E-state index contributed by atoms with van der Waals surface area (Å²) in [6.45, 7) is 1.53. The molecule has 0 atom stereocenters. The van der Waals surface area contributed by atoms with E-state index in [0.29, 0.717) is 29.6 Å². The van der Waals surface area contributed by atoms with Crippen LogP contribution in [0.3, 0.4) is 0 Å². The lowest BCUT2D eigenvalue weighted by atomic mass is 10.1. The van der Waals surface area contributed by atoms with Crippen molar-refractivity contribution in [3.05, 3.63) is 84.8 Å². The summed E-state index contributed by atoms with van der Waals surface area (Å²) in [6, 6.07) is 22.5. The fourth-order valence-corrected chi connectivity index (χ4v) is 3.20. The number of furan rings is 1.